The molecular formula is C18H25FN4O. The molecule has 24 heavy (non-hydrogen) atoms. The number of benzene rings is 1. The fourth-order valence-corrected chi connectivity index (χ4v) is 2.68. The SMILES string of the molecule is CCc1c(C(=O)N(C)CC(C)(C)CN)cnn1-c1ccc(F)cc1. The van der Waals surface area contributed by atoms with Gasteiger partial charge in [0.15, 0.2) is 0 Å². The van der Waals surface area contributed by atoms with Crippen LogP contribution in [0.3, 0.4) is 0 Å². The number of halogens is 1. The molecule has 0 aliphatic heterocycles. The first kappa shape index (κ1) is 18.1. The number of nitrogens with two attached hydrogens (primary N) is 1. The van der Waals surface area contributed by atoms with E-state index in [2.05, 4.69) is 5.10 Å². The van der Waals surface area contributed by atoms with Crippen molar-refractivity contribution in [1.82, 2.24) is 14.7 Å². The summed E-state index contributed by atoms with van der Waals surface area (Å²) in [7, 11) is 1.77. The molecular weight excluding hydrogens is 307 g/mol. The number of aromatic nitrogens is 2. The summed E-state index contributed by atoms with van der Waals surface area (Å²) in [6, 6.07) is 6.07. The first-order valence-electron chi connectivity index (χ1n) is 8.07. The van der Waals surface area contributed by atoms with Crippen LogP contribution < -0.4 is 5.73 Å². The topological polar surface area (TPSA) is 64.2 Å². The molecule has 0 aliphatic carbocycles. The molecule has 1 amide bonds. The molecule has 0 saturated carbocycles. The summed E-state index contributed by atoms with van der Waals surface area (Å²) in [5.41, 5.74) is 7.72. The Morgan fingerprint density at radius 2 is 1.96 bits per heavy atom. The van der Waals surface area contributed by atoms with Crippen molar-refractivity contribution in [2.75, 3.05) is 20.1 Å². The van der Waals surface area contributed by atoms with Gasteiger partial charge in [0.1, 0.15) is 5.82 Å². The zero-order chi connectivity index (χ0) is 17.9. The van der Waals surface area contributed by atoms with Crippen molar-refractivity contribution in [3.63, 3.8) is 0 Å². The molecule has 1 aromatic heterocycles. The van der Waals surface area contributed by atoms with Crippen LogP contribution in [0.2, 0.25) is 0 Å². The Morgan fingerprint density at radius 1 is 1.33 bits per heavy atom. The molecule has 5 nitrogen and oxygen atoms in total. The van der Waals surface area contributed by atoms with E-state index in [1.165, 1.54) is 12.1 Å². The summed E-state index contributed by atoms with van der Waals surface area (Å²) in [4.78, 5) is 14.5. The van der Waals surface area contributed by atoms with Gasteiger partial charge in [0, 0.05) is 13.6 Å². The number of rotatable bonds is 6. The van der Waals surface area contributed by atoms with Crippen molar-refractivity contribution >= 4 is 5.91 Å². The summed E-state index contributed by atoms with van der Waals surface area (Å²) in [6.07, 6.45) is 2.23. The number of carbonyl (C=O) groups is 1. The third-order valence-corrected chi connectivity index (χ3v) is 4.07. The van der Waals surface area contributed by atoms with E-state index in [1.807, 2.05) is 20.8 Å². The highest BCUT2D eigenvalue weighted by atomic mass is 19.1. The van der Waals surface area contributed by atoms with E-state index in [4.69, 9.17) is 5.73 Å². The Balaban J connectivity index is 2.31. The van der Waals surface area contributed by atoms with Crippen molar-refractivity contribution in [2.45, 2.75) is 27.2 Å². The molecule has 1 heterocycles. The van der Waals surface area contributed by atoms with E-state index < -0.39 is 0 Å². The van der Waals surface area contributed by atoms with Gasteiger partial charge in [-0.05, 0) is 42.6 Å². The van der Waals surface area contributed by atoms with E-state index >= 15 is 0 Å². The van der Waals surface area contributed by atoms with E-state index in [0.717, 1.165) is 11.4 Å². The van der Waals surface area contributed by atoms with Crippen molar-refractivity contribution in [2.24, 2.45) is 11.1 Å². The first-order valence-corrected chi connectivity index (χ1v) is 8.07. The van der Waals surface area contributed by atoms with Gasteiger partial charge >= 0.3 is 0 Å². The van der Waals surface area contributed by atoms with Gasteiger partial charge in [-0.3, -0.25) is 4.79 Å². The molecule has 0 atom stereocenters. The predicted molar refractivity (Wildman–Crippen MR) is 92.7 cm³/mol. The molecule has 130 valence electrons. The summed E-state index contributed by atoms with van der Waals surface area (Å²) < 4.78 is 14.8. The third kappa shape index (κ3) is 3.82. The lowest BCUT2D eigenvalue weighted by Crippen LogP contribution is -2.40. The normalized spacial score (nSPS) is 11.6. The van der Waals surface area contributed by atoms with Gasteiger partial charge in [-0.2, -0.15) is 5.10 Å². The van der Waals surface area contributed by atoms with Crippen LogP contribution in [-0.2, 0) is 6.42 Å². The molecule has 0 saturated heterocycles. The number of carbonyl (C=O) groups excluding carboxylic acids is 1. The molecule has 0 unspecified atom stereocenters. The Morgan fingerprint density at radius 3 is 2.50 bits per heavy atom. The molecule has 6 heteroatoms. The van der Waals surface area contributed by atoms with Crippen molar-refractivity contribution in [3.05, 3.63) is 47.5 Å². The molecule has 0 fully saturated rings. The fourth-order valence-electron chi connectivity index (χ4n) is 2.68. The van der Waals surface area contributed by atoms with Crippen LogP contribution in [-0.4, -0.2) is 40.7 Å². The minimum Gasteiger partial charge on any atom is -0.341 e. The lowest BCUT2D eigenvalue weighted by molar-refractivity contribution is 0.0739. The van der Waals surface area contributed by atoms with Crippen LogP contribution in [0.4, 0.5) is 4.39 Å². The Hall–Kier alpha value is -2.21. The van der Waals surface area contributed by atoms with Gasteiger partial charge in [0.2, 0.25) is 0 Å². The molecule has 2 N–H and O–H groups in total. The Bertz CT molecular complexity index is 706. The van der Waals surface area contributed by atoms with E-state index in [9.17, 15) is 9.18 Å². The predicted octanol–water partition coefficient (Wildman–Crippen LogP) is 2.63. The molecule has 0 aliphatic rings. The maximum absolute atomic E-state index is 13.1. The van der Waals surface area contributed by atoms with Crippen LogP contribution >= 0.6 is 0 Å². The minimum atomic E-state index is -0.302. The summed E-state index contributed by atoms with van der Waals surface area (Å²) in [6.45, 7) is 7.09. The van der Waals surface area contributed by atoms with Gasteiger partial charge in [0.05, 0.1) is 23.1 Å². The van der Waals surface area contributed by atoms with Crippen LogP contribution in [0.25, 0.3) is 5.69 Å². The number of hydrogen-bond acceptors (Lipinski definition) is 3. The lowest BCUT2D eigenvalue weighted by Gasteiger charge is -2.29. The van der Waals surface area contributed by atoms with Gasteiger partial charge in [-0.25, -0.2) is 9.07 Å². The summed E-state index contributed by atoms with van der Waals surface area (Å²) in [5, 5.41) is 4.33. The Labute approximate surface area is 142 Å². The highest BCUT2D eigenvalue weighted by Gasteiger charge is 2.25. The molecule has 2 rings (SSSR count). The molecule has 0 radical (unpaired) electrons. The van der Waals surface area contributed by atoms with E-state index in [-0.39, 0.29) is 17.1 Å². The Kier molecular flexibility index (Phi) is 5.39. The fraction of sp³-hybridized carbons (Fsp3) is 0.444. The van der Waals surface area contributed by atoms with Gasteiger partial charge in [-0.15, -0.1) is 0 Å². The van der Waals surface area contributed by atoms with Crippen LogP contribution in [0, 0.1) is 11.2 Å². The average molecular weight is 332 g/mol. The lowest BCUT2D eigenvalue weighted by atomic mass is 9.93. The maximum Gasteiger partial charge on any atom is 0.257 e. The number of hydrogen-bond donors (Lipinski definition) is 1. The minimum absolute atomic E-state index is 0.0817. The van der Waals surface area contributed by atoms with Crippen LogP contribution in [0.15, 0.2) is 30.5 Å². The average Bonchev–Trinajstić information content (AvgIpc) is 2.98. The van der Waals surface area contributed by atoms with Crippen LogP contribution in [0.5, 0.6) is 0 Å². The molecule has 1 aromatic carbocycles. The van der Waals surface area contributed by atoms with Crippen molar-refractivity contribution in [1.29, 1.82) is 0 Å². The van der Waals surface area contributed by atoms with E-state index in [0.29, 0.717) is 25.1 Å². The monoisotopic (exact) mass is 332 g/mol. The van der Waals surface area contributed by atoms with Gasteiger partial charge in [0.25, 0.3) is 5.91 Å². The summed E-state index contributed by atoms with van der Waals surface area (Å²) >= 11 is 0. The van der Waals surface area contributed by atoms with Crippen LogP contribution in [0.1, 0.15) is 36.8 Å². The molecule has 0 bridgehead atoms. The number of nitrogens with zero attached hydrogens (tertiary/aromatic N) is 3. The quantitative estimate of drug-likeness (QED) is 0.884. The second-order valence-electron chi connectivity index (χ2n) is 6.78. The van der Waals surface area contributed by atoms with Crippen molar-refractivity contribution < 1.29 is 9.18 Å². The second kappa shape index (κ2) is 7.13. The largest absolute Gasteiger partial charge is 0.341 e. The number of amides is 1. The standard InChI is InChI=1S/C18H25FN4O/c1-5-16-15(17(24)22(4)12-18(2,3)11-20)10-21-23(16)14-8-6-13(19)7-9-14/h6-10H,5,11-12,20H2,1-4H3. The zero-order valence-electron chi connectivity index (χ0n) is 14.7. The van der Waals surface area contributed by atoms with Crippen molar-refractivity contribution in [3.8, 4) is 5.69 Å². The third-order valence-electron chi connectivity index (χ3n) is 4.07. The highest BCUT2D eigenvalue weighted by molar-refractivity contribution is 5.95. The van der Waals surface area contributed by atoms with Gasteiger partial charge in [-0.1, -0.05) is 20.8 Å². The van der Waals surface area contributed by atoms with Gasteiger partial charge < -0.3 is 10.6 Å². The zero-order valence-corrected chi connectivity index (χ0v) is 14.7. The van der Waals surface area contributed by atoms with E-state index in [1.54, 1.807) is 35.0 Å². The summed E-state index contributed by atoms with van der Waals surface area (Å²) in [5.74, 6) is -0.384. The maximum atomic E-state index is 13.1. The first-order chi connectivity index (χ1) is 11.3. The molecule has 0 spiro atoms. The smallest absolute Gasteiger partial charge is 0.257 e. The highest BCUT2D eigenvalue weighted by Crippen LogP contribution is 2.20. The molecule has 2 aromatic rings. The second-order valence-corrected chi connectivity index (χ2v) is 6.78.